The maximum atomic E-state index is 12.1. The lowest BCUT2D eigenvalue weighted by molar-refractivity contribution is 0.0958. The van der Waals surface area contributed by atoms with Crippen LogP contribution in [0.3, 0.4) is 0 Å². The molecule has 0 fully saturated rings. The highest BCUT2D eigenvalue weighted by Gasteiger charge is 2.04. The second-order valence-corrected chi connectivity index (χ2v) is 5.84. The lowest BCUT2D eigenvalue weighted by Gasteiger charge is -2.14. The van der Waals surface area contributed by atoms with Gasteiger partial charge in [0, 0.05) is 45.0 Å². The highest BCUT2D eigenvalue weighted by atomic mass is 16.1. The molecule has 2 rings (SSSR count). The standard InChI is InChI=1S/C20H23N3O/c1-22(2)18-13-11-17(12-14-18)20(24)21-15-7-9-16-8-5-6-10-19(16)23(3)4/h5-6,8,10-14H,15H2,1-4H3,(H,21,24). The van der Waals surface area contributed by atoms with Crippen LogP contribution in [0.5, 0.6) is 0 Å². The summed E-state index contributed by atoms with van der Waals surface area (Å²) >= 11 is 0. The van der Waals surface area contributed by atoms with Crippen molar-refractivity contribution in [1.29, 1.82) is 0 Å². The molecule has 0 saturated carbocycles. The van der Waals surface area contributed by atoms with Gasteiger partial charge in [-0.15, -0.1) is 0 Å². The third kappa shape index (κ3) is 4.53. The quantitative estimate of drug-likeness (QED) is 0.879. The number of amides is 1. The van der Waals surface area contributed by atoms with Gasteiger partial charge in [0.05, 0.1) is 12.2 Å². The summed E-state index contributed by atoms with van der Waals surface area (Å²) in [6.45, 7) is 0.316. The van der Waals surface area contributed by atoms with Crippen molar-refractivity contribution in [3.8, 4) is 11.8 Å². The molecule has 1 N–H and O–H groups in total. The first-order valence-electron chi connectivity index (χ1n) is 7.80. The Labute approximate surface area is 144 Å². The van der Waals surface area contributed by atoms with Crippen molar-refractivity contribution in [2.75, 3.05) is 44.5 Å². The molecular weight excluding hydrogens is 298 g/mol. The van der Waals surface area contributed by atoms with E-state index < -0.39 is 0 Å². The van der Waals surface area contributed by atoms with Crippen molar-refractivity contribution < 1.29 is 4.79 Å². The zero-order chi connectivity index (χ0) is 17.5. The minimum atomic E-state index is -0.115. The fraction of sp³-hybridized carbons (Fsp3) is 0.250. The Morgan fingerprint density at radius 3 is 2.25 bits per heavy atom. The smallest absolute Gasteiger partial charge is 0.252 e. The van der Waals surface area contributed by atoms with E-state index in [9.17, 15) is 4.79 Å². The van der Waals surface area contributed by atoms with Gasteiger partial charge in [0.15, 0.2) is 0 Å². The Balaban J connectivity index is 1.96. The molecule has 24 heavy (non-hydrogen) atoms. The van der Waals surface area contributed by atoms with Gasteiger partial charge in [-0.25, -0.2) is 0 Å². The van der Waals surface area contributed by atoms with Gasteiger partial charge in [0.25, 0.3) is 5.91 Å². The van der Waals surface area contributed by atoms with Crippen LogP contribution < -0.4 is 15.1 Å². The maximum absolute atomic E-state index is 12.1. The monoisotopic (exact) mass is 321 g/mol. The largest absolute Gasteiger partial charge is 0.378 e. The van der Waals surface area contributed by atoms with Crippen molar-refractivity contribution in [2.24, 2.45) is 0 Å². The normalized spacial score (nSPS) is 9.67. The Hall–Kier alpha value is -2.93. The van der Waals surface area contributed by atoms with E-state index in [-0.39, 0.29) is 5.91 Å². The first-order chi connectivity index (χ1) is 11.5. The van der Waals surface area contributed by atoms with Crippen LogP contribution in [0.2, 0.25) is 0 Å². The third-order valence-electron chi connectivity index (χ3n) is 3.59. The Morgan fingerprint density at radius 2 is 1.62 bits per heavy atom. The number of nitrogens with one attached hydrogen (secondary N) is 1. The molecule has 1 amide bonds. The minimum absolute atomic E-state index is 0.115. The maximum Gasteiger partial charge on any atom is 0.252 e. The molecule has 0 atom stereocenters. The Bertz CT molecular complexity index is 752. The van der Waals surface area contributed by atoms with Gasteiger partial charge >= 0.3 is 0 Å². The number of hydrogen-bond donors (Lipinski definition) is 1. The Kier molecular flexibility index (Phi) is 5.86. The summed E-state index contributed by atoms with van der Waals surface area (Å²) in [5, 5.41) is 2.83. The van der Waals surface area contributed by atoms with E-state index in [4.69, 9.17) is 0 Å². The van der Waals surface area contributed by atoms with Crippen LogP contribution in [0.4, 0.5) is 11.4 Å². The number of anilines is 2. The first kappa shape index (κ1) is 17.4. The molecule has 124 valence electrons. The predicted molar refractivity (Wildman–Crippen MR) is 101 cm³/mol. The summed E-state index contributed by atoms with van der Waals surface area (Å²) < 4.78 is 0. The van der Waals surface area contributed by atoms with Crippen LogP contribution in [0.25, 0.3) is 0 Å². The van der Waals surface area contributed by atoms with Gasteiger partial charge in [0.1, 0.15) is 0 Å². The highest BCUT2D eigenvalue weighted by molar-refractivity contribution is 5.94. The van der Waals surface area contributed by atoms with E-state index in [2.05, 4.69) is 17.2 Å². The molecule has 0 unspecified atom stereocenters. The topological polar surface area (TPSA) is 35.6 Å². The molecule has 0 aliphatic heterocycles. The summed E-state index contributed by atoms with van der Waals surface area (Å²) in [4.78, 5) is 16.1. The van der Waals surface area contributed by atoms with Gasteiger partial charge in [-0.1, -0.05) is 24.0 Å². The fourth-order valence-electron chi connectivity index (χ4n) is 2.25. The SMILES string of the molecule is CN(C)c1ccc(C(=O)NCC#Cc2ccccc2N(C)C)cc1. The molecule has 0 saturated heterocycles. The molecule has 0 radical (unpaired) electrons. The number of benzene rings is 2. The number of para-hydroxylation sites is 1. The summed E-state index contributed by atoms with van der Waals surface area (Å²) in [6.07, 6.45) is 0. The molecular formula is C20H23N3O. The van der Waals surface area contributed by atoms with Gasteiger partial charge in [-0.2, -0.15) is 0 Å². The number of rotatable bonds is 4. The van der Waals surface area contributed by atoms with E-state index >= 15 is 0 Å². The molecule has 0 aliphatic carbocycles. The van der Waals surface area contributed by atoms with E-state index in [1.54, 1.807) is 0 Å². The van der Waals surface area contributed by atoms with Crippen LogP contribution in [0.1, 0.15) is 15.9 Å². The average molecular weight is 321 g/mol. The van der Waals surface area contributed by atoms with Crippen molar-refractivity contribution in [3.63, 3.8) is 0 Å². The van der Waals surface area contributed by atoms with Crippen molar-refractivity contribution in [3.05, 3.63) is 59.7 Å². The van der Waals surface area contributed by atoms with Crippen LogP contribution in [0.15, 0.2) is 48.5 Å². The van der Waals surface area contributed by atoms with Crippen LogP contribution in [0, 0.1) is 11.8 Å². The summed E-state index contributed by atoms with van der Waals surface area (Å²) in [6, 6.07) is 15.4. The first-order valence-corrected chi connectivity index (χ1v) is 7.80. The number of carbonyl (C=O) groups excluding carboxylic acids is 1. The van der Waals surface area contributed by atoms with Gasteiger partial charge < -0.3 is 15.1 Å². The lowest BCUT2D eigenvalue weighted by Crippen LogP contribution is -2.23. The molecule has 2 aromatic rings. The van der Waals surface area contributed by atoms with E-state index in [1.807, 2.05) is 86.5 Å². The predicted octanol–water partition coefficient (Wildman–Crippen LogP) is 2.60. The van der Waals surface area contributed by atoms with Crippen molar-refractivity contribution in [2.45, 2.75) is 0 Å². The number of carbonyl (C=O) groups is 1. The van der Waals surface area contributed by atoms with Crippen LogP contribution in [-0.2, 0) is 0 Å². The Morgan fingerprint density at radius 1 is 0.958 bits per heavy atom. The molecule has 0 heterocycles. The van der Waals surface area contributed by atoms with Gasteiger partial charge in [-0.3, -0.25) is 4.79 Å². The zero-order valence-electron chi connectivity index (χ0n) is 14.6. The van der Waals surface area contributed by atoms with Crippen molar-refractivity contribution >= 4 is 17.3 Å². The number of hydrogen-bond acceptors (Lipinski definition) is 3. The lowest BCUT2D eigenvalue weighted by atomic mass is 10.1. The summed E-state index contributed by atoms with van der Waals surface area (Å²) in [5.41, 5.74) is 3.71. The van der Waals surface area contributed by atoms with E-state index in [0.29, 0.717) is 12.1 Å². The third-order valence-corrected chi connectivity index (χ3v) is 3.59. The van der Waals surface area contributed by atoms with Gasteiger partial charge in [-0.05, 0) is 36.4 Å². The fourth-order valence-corrected chi connectivity index (χ4v) is 2.25. The summed E-state index contributed by atoms with van der Waals surface area (Å²) in [5.74, 6) is 6.01. The van der Waals surface area contributed by atoms with E-state index in [0.717, 1.165) is 16.9 Å². The molecule has 0 aromatic heterocycles. The molecule has 4 heteroatoms. The summed E-state index contributed by atoms with van der Waals surface area (Å²) in [7, 11) is 7.91. The second kappa shape index (κ2) is 8.07. The molecule has 0 bridgehead atoms. The molecule has 0 spiro atoms. The number of nitrogens with zero attached hydrogens (tertiary/aromatic N) is 2. The highest BCUT2D eigenvalue weighted by Crippen LogP contribution is 2.16. The van der Waals surface area contributed by atoms with Crippen LogP contribution >= 0.6 is 0 Å². The van der Waals surface area contributed by atoms with Crippen molar-refractivity contribution in [1.82, 2.24) is 5.32 Å². The molecule has 4 nitrogen and oxygen atoms in total. The van der Waals surface area contributed by atoms with Gasteiger partial charge in [0.2, 0.25) is 0 Å². The molecule has 2 aromatic carbocycles. The van der Waals surface area contributed by atoms with Crippen LogP contribution in [-0.4, -0.2) is 40.6 Å². The second-order valence-electron chi connectivity index (χ2n) is 5.84. The molecule has 0 aliphatic rings. The minimum Gasteiger partial charge on any atom is -0.378 e. The average Bonchev–Trinajstić information content (AvgIpc) is 2.58. The zero-order valence-corrected chi connectivity index (χ0v) is 14.6. The van der Waals surface area contributed by atoms with E-state index in [1.165, 1.54) is 0 Å².